The quantitative estimate of drug-likeness (QED) is 0.0402. The maximum absolute atomic E-state index is 14.4. The van der Waals surface area contributed by atoms with Crippen molar-refractivity contribution >= 4 is 29.7 Å². The molecule has 2 fully saturated rings. The highest BCUT2D eigenvalue weighted by atomic mass is 32.2. The molecule has 0 aliphatic carbocycles. The Hall–Kier alpha value is -7.02. The predicted molar refractivity (Wildman–Crippen MR) is 294 cm³/mol. The van der Waals surface area contributed by atoms with E-state index in [0.717, 1.165) is 32.7 Å². The molecule has 2 aliphatic rings. The Bertz CT molecular complexity index is 2890. The third kappa shape index (κ3) is 17.0. The SMILES string of the molecule is O=C(CCC(=O)O[C@H]1[C@H](OCc2ccccc2)[C@H](OCc2ccccc2)[C@@H](Sc2ccccc2)O[C@@H]1COCc1ccccc1)O[C@H]1[C@H](O)[C@@H](COCc2ccccc2)O[C@H](OCc2ccccc2)[C@@H]1OC(=O)c1ccccc1. The molecule has 410 valence electrons. The summed E-state index contributed by atoms with van der Waals surface area (Å²) in [7, 11) is 0. The van der Waals surface area contributed by atoms with Crippen LogP contribution < -0.4 is 0 Å². The lowest BCUT2D eigenvalue weighted by Crippen LogP contribution is -2.62. The van der Waals surface area contributed by atoms with E-state index in [1.165, 1.54) is 11.8 Å². The highest BCUT2D eigenvalue weighted by Crippen LogP contribution is 2.39. The molecule has 7 aromatic rings. The first-order valence-electron chi connectivity index (χ1n) is 26.4. The number of ether oxygens (including phenoxy) is 10. The maximum Gasteiger partial charge on any atom is 0.338 e. The summed E-state index contributed by atoms with van der Waals surface area (Å²) in [6.07, 6.45) is -11.7. The second-order valence-corrected chi connectivity index (χ2v) is 20.1. The number of aliphatic hydroxyl groups excluding tert-OH is 1. The minimum Gasteiger partial charge on any atom is -0.457 e. The number of hydrogen-bond donors (Lipinski definition) is 1. The molecule has 10 atom stereocenters. The summed E-state index contributed by atoms with van der Waals surface area (Å²) in [5.41, 5.74) is 3.95. The highest BCUT2D eigenvalue weighted by molar-refractivity contribution is 7.99. The fraction of sp³-hybridized carbons (Fsp3) is 0.297. The number of rotatable bonds is 26. The number of carbonyl (C=O) groups excluding carboxylic acids is 3. The first-order chi connectivity index (χ1) is 38.8. The van der Waals surface area contributed by atoms with E-state index < -0.39 is 91.3 Å². The second kappa shape index (κ2) is 29.8. The summed E-state index contributed by atoms with van der Waals surface area (Å²) in [4.78, 5) is 43.3. The van der Waals surface area contributed by atoms with Crippen molar-refractivity contribution in [3.05, 3.63) is 246 Å². The third-order valence-electron chi connectivity index (χ3n) is 13.1. The van der Waals surface area contributed by atoms with E-state index in [4.69, 9.17) is 47.4 Å². The van der Waals surface area contributed by atoms with Gasteiger partial charge in [0, 0.05) is 4.90 Å². The Morgan fingerprint density at radius 3 is 1.30 bits per heavy atom. The molecule has 0 aromatic heterocycles. The maximum atomic E-state index is 14.4. The number of thioether (sulfide) groups is 1. The summed E-state index contributed by atoms with van der Waals surface area (Å²) < 4.78 is 64.1. The number of carbonyl (C=O) groups is 3. The summed E-state index contributed by atoms with van der Waals surface area (Å²) in [6, 6.07) is 65.9. The number of benzene rings is 7. The lowest BCUT2D eigenvalue weighted by Gasteiger charge is -2.45. The van der Waals surface area contributed by atoms with Gasteiger partial charge in [0.2, 0.25) is 0 Å². The molecule has 0 amide bonds. The molecule has 7 aromatic carbocycles. The van der Waals surface area contributed by atoms with Crippen molar-refractivity contribution < 1.29 is 66.9 Å². The zero-order valence-electron chi connectivity index (χ0n) is 43.5. The topological polar surface area (TPSA) is 164 Å². The number of aliphatic hydroxyl groups is 1. The summed E-state index contributed by atoms with van der Waals surface area (Å²) in [6.45, 7) is 0.680. The molecule has 0 bridgehead atoms. The van der Waals surface area contributed by atoms with Gasteiger partial charge in [-0.2, -0.15) is 0 Å². The van der Waals surface area contributed by atoms with Crippen molar-refractivity contribution in [2.24, 2.45) is 0 Å². The van der Waals surface area contributed by atoms with E-state index >= 15 is 0 Å². The minimum absolute atomic E-state index is 0.00576. The summed E-state index contributed by atoms with van der Waals surface area (Å²) in [5.74, 6) is -2.43. The van der Waals surface area contributed by atoms with Crippen molar-refractivity contribution in [2.75, 3.05) is 13.2 Å². The van der Waals surface area contributed by atoms with E-state index in [1.54, 1.807) is 30.3 Å². The standard InChI is InChI=1S/C64H64O14S/c65-54(36-37-55(66)77-58-56(67)52(43-69-38-45-22-8-1-9-23-45)74-63(73-42-49-30-16-5-17-31-49)60(58)78-62(68)50-32-18-6-19-33-50)76-57-53(44-70-39-46-24-10-2-11-25-46)75-64(79-51-34-20-7-21-35-51)61(72-41-48-28-14-4-15-29-48)59(57)71-40-47-26-12-3-13-27-47/h1-35,52-53,56-61,63-64,67H,36-44H2/t52-,53-,56-,57-,58+,59+,60-,61+,63+,64-/m1/s1. The van der Waals surface area contributed by atoms with Crippen LogP contribution in [0.4, 0.5) is 0 Å². The molecule has 1 N–H and O–H groups in total. The molecule has 14 nitrogen and oxygen atoms in total. The molecular weight excluding hydrogens is 1020 g/mol. The van der Waals surface area contributed by atoms with Gasteiger partial charge in [0.05, 0.1) is 64.7 Å². The van der Waals surface area contributed by atoms with Gasteiger partial charge < -0.3 is 52.5 Å². The average molecular weight is 1090 g/mol. The Morgan fingerprint density at radius 1 is 0.405 bits per heavy atom. The van der Waals surface area contributed by atoms with Crippen molar-refractivity contribution in [1.82, 2.24) is 0 Å². The molecule has 9 rings (SSSR count). The Labute approximate surface area is 464 Å². The molecule has 0 saturated carbocycles. The normalized spacial score (nSPS) is 22.8. The van der Waals surface area contributed by atoms with Crippen LogP contribution in [0.2, 0.25) is 0 Å². The van der Waals surface area contributed by atoms with Crippen LogP contribution >= 0.6 is 11.8 Å². The van der Waals surface area contributed by atoms with Crippen LogP contribution in [0, 0.1) is 0 Å². The molecule has 2 saturated heterocycles. The lowest BCUT2D eigenvalue weighted by molar-refractivity contribution is -0.307. The largest absolute Gasteiger partial charge is 0.457 e. The second-order valence-electron chi connectivity index (χ2n) is 19.0. The Morgan fingerprint density at radius 2 is 0.810 bits per heavy atom. The van der Waals surface area contributed by atoms with Crippen LogP contribution in [-0.4, -0.2) is 96.8 Å². The van der Waals surface area contributed by atoms with Gasteiger partial charge in [-0.25, -0.2) is 4.79 Å². The first-order valence-corrected chi connectivity index (χ1v) is 27.3. The predicted octanol–water partition coefficient (Wildman–Crippen LogP) is 10.2. The van der Waals surface area contributed by atoms with Crippen LogP contribution in [0.15, 0.2) is 217 Å². The fourth-order valence-electron chi connectivity index (χ4n) is 9.08. The molecular formula is C64H64O14S. The molecule has 2 aliphatic heterocycles. The number of esters is 3. The van der Waals surface area contributed by atoms with Gasteiger partial charge in [-0.3, -0.25) is 9.59 Å². The Balaban J connectivity index is 0.963. The zero-order valence-corrected chi connectivity index (χ0v) is 44.3. The van der Waals surface area contributed by atoms with Crippen molar-refractivity contribution in [3.8, 4) is 0 Å². The van der Waals surface area contributed by atoms with Crippen molar-refractivity contribution in [2.45, 2.75) is 111 Å². The first kappa shape index (κ1) is 56.7. The van der Waals surface area contributed by atoms with Gasteiger partial charge in [0.25, 0.3) is 0 Å². The molecule has 0 unspecified atom stereocenters. The van der Waals surface area contributed by atoms with E-state index in [0.29, 0.717) is 0 Å². The molecule has 15 heteroatoms. The van der Waals surface area contributed by atoms with E-state index in [-0.39, 0.29) is 51.8 Å². The molecule has 0 radical (unpaired) electrons. The van der Waals surface area contributed by atoms with Crippen LogP contribution in [0.25, 0.3) is 0 Å². The van der Waals surface area contributed by atoms with Gasteiger partial charge in [0.1, 0.15) is 36.0 Å². The van der Waals surface area contributed by atoms with Gasteiger partial charge in [-0.05, 0) is 52.1 Å². The van der Waals surface area contributed by atoms with Crippen LogP contribution in [-0.2, 0) is 90.0 Å². The lowest BCUT2D eigenvalue weighted by atomic mass is 9.98. The smallest absolute Gasteiger partial charge is 0.338 e. The van der Waals surface area contributed by atoms with Crippen LogP contribution in [0.1, 0.15) is 51.0 Å². The third-order valence-corrected chi connectivity index (χ3v) is 14.3. The van der Waals surface area contributed by atoms with Crippen LogP contribution in [0.3, 0.4) is 0 Å². The molecule has 79 heavy (non-hydrogen) atoms. The average Bonchev–Trinajstić information content (AvgIpc) is 3.59. The summed E-state index contributed by atoms with van der Waals surface area (Å²) in [5, 5.41) is 12.0. The highest BCUT2D eigenvalue weighted by Gasteiger charge is 2.52. The monoisotopic (exact) mass is 1090 g/mol. The van der Waals surface area contributed by atoms with E-state index in [2.05, 4.69) is 0 Å². The van der Waals surface area contributed by atoms with E-state index in [1.807, 2.05) is 182 Å². The van der Waals surface area contributed by atoms with Gasteiger partial charge in [-0.1, -0.05) is 200 Å². The minimum atomic E-state index is -1.58. The zero-order chi connectivity index (χ0) is 54.4. The molecule has 0 spiro atoms. The Kier molecular flexibility index (Phi) is 21.4. The van der Waals surface area contributed by atoms with Gasteiger partial charge in [-0.15, -0.1) is 0 Å². The number of hydrogen-bond acceptors (Lipinski definition) is 15. The summed E-state index contributed by atoms with van der Waals surface area (Å²) >= 11 is 1.46. The fourth-order valence-corrected chi connectivity index (χ4v) is 10.2. The van der Waals surface area contributed by atoms with E-state index in [9.17, 15) is 19.5 Å². The van der Waals surface area contributed by atoms with Gasteiger partial charge >= 0.3 is 17.9 Å². The van der Waals surface area contributed by atoms with Crippen molar-refractivity contribution in [3.63, 3.8) is 0 Å². The van der Waals surface area contributed by atoms with Crippen molar-refractivity contribution in [1.29, 1.82) is 0 Å². The van der Waals surface area contributed by atoms with Crippen LogP contribution in [0.5, 0.6) is 0 Å². The van der Waals surface area contributed by atoms with Gasteiger partial charge in [0.15, 0.2) is 24.6 Å². The molecule has 2 heterocycles.